The maximum absolute atomic E-state index is 14.5. The Morgan fingerprint density at radius 2 is 1.98 bits per heavy atom. The van der Waals surface area contributed by atoms with Gasteiger partial charge in [-0.25, -0.2) is 14.2 Å². The molecule has 0 unspecified atom stereocenters. The predicted octanol–water partition coefficient (Wildman–Crippen LogP) is 4.38. The Morgan fingerprint density at radius 1 is 1.23 bits per heavy atom. The van der Waals surface area contributed by atoms with Gasteiger partial charge in [-0.15, -0.1) is 0 Å². The molecule has 1 fully saturated rings. The van der Waals surface area contributed by atoms with Crippen LogP contribution in [0, 0.1) is 6.92 Å². The van der Waals surface area contributed by atoms with E-state index >= 15 is 0 Å². The number of nitrogen functional groups attached to an aromatic ring is 1. The summed E-state index contributed by atoms with van der Waals surface area (Å²) in [6, 6.07) is 5.54. The van der Waals surface area contributed by atoms with Gasteiger partial charge in [0.1, 0.15) is 17.4 Å². The molecule has 2 aliphatic heterocycles. The zero-order valence-electron chi connectivity index (χ0n) is 26.7. The van der Waals surface area contributed by atoms with Crippen molar-refractivity contribution in [1.29, 1.82) is 0 Å². The van der Waals surface area contributed by atoms with Gasteiger partial charge in [-0.1, -0.05) is 13.8 Å². The molecule has 5 heterocycles. The molecule has 0 saturated carbocycles. The Balaban J connectivity index is 1.53. The van der Waals surface area contributed by atoms with E-state index in [1.54, 1.807) is 19.9 Å². The van der Waals surface area contributed by atoms with Crippen LogP contribution in [0.3, 0.4) is 0 Å². The third-order valence-electron chi connectivity index (χ3n) is 7.73. The van der Waals surface area contributed by atoms with E-state index < -0.39 is 12.1 Å². The molecular weight excluding hydrogens is 565 g/mol. The van der Waals surface area contributed by atoms with E-state index in [2.05, 4.69) is 29.1 Å². The van der Waals surface area contributed by atoms with Gasteiger partial charge in [0, 0.05) is 42.9 Å². The van der Waals surface area contributed by atoms with Crippen LogP contribution in [-0.4, -0.2) is 90.0 Å². The monoisotopic (exact) mass is 607 g/mol. The highest BCUT2D eigenvalue weighted by molar-refractivity contribution is 5.96. The van der Waals surface area contributed by atoms with E-state index in [0.29, 0.717) is 42.5 Å². The number of ether oxygens (including phenoxy) is 2. The number of anilines is 6. The highest BCUT2D eigenvalue weighted by atomic mass is 19.1. The third-order valence-corrected chi connectivity index (χ3v) is 7.73. The van der Waals surface area contributed by atoms with Crippen LogP contribution in [0.1, 0.15) is 55.9 Å². The molecule has 1 saturated heterocycles. The fourth-order valence-corrected chi connectivity index (χ4v) is 5.88. The van der Waals surface area contributed by atoms with E-state index in [1.807, 2.05) is 47.9 Å². The molecule has 0 aliphatic carbocycles. The lowest BCUT2D eigenvalue weighted by molar-refractivity contribution is 0.0378. The fourth-order valence-electron chi connectivity index (χ4n) is 5.88. The minimum atomic E-state index is -0.975. The molecule has 12 nitrogen and oxygen atoms in total. The second-order valence-electron chi connectivity index (χ2n) is 12.7. The minimum Gasteiger partial charge on any atom is -0.479 e. The Hall–Kier alpha value is -4.26. The van der Waals surface area contributed by atoms with E-state index in [-0.39, 0.29) is 41.5 Å². The largest absolute Gasteiger partial charge is 0.479 e. The molecule has 5 rings (SSSR count). The number of methoxy groups -OCH3 is 1. The average molecular weight is 608 g/mol. The number of esters is 1. The van der Waals surface area contributed by atoms with Crippen LogP contribution in [0.4, 0.5) is 39.0 Å². The number of halogens is 1. The average Bonchev–Trinajstić information content (AvgIpc) is 3.42. The number of hydrogen-bond acceptors (Lipinski definition) is 12. The van der Waals surface area contributed by atoms with Crippen LogP contribution in [0.5, 0.6) is 5.88 Å². The maximum atomic E-state index is 14.5. The molecule has 3 aromatic rings. The van der Waals surface area contributed by atoms with E-state index in [1.165, 1.54) is 13.3 Å². The molecule has 44 heavy (non-hydrogen) atoms. The molecule has 2 atom stereocenters. The Kier molecular flexibility index (Phi) is 8.52. The Labute approximate surface area is 257 Å². The first-order valence-electron chi connectivity index (χ1n) is 14.8. The Bertz CT molecular complexity index is 1550. The van der Waals surface area contributed by atoms with Crippen molar-refractivity contribution in [1.82, 2.24) is 24.8 Å². The molecule has 2 aliphatic rings. The summed E-state index contributed by atoms with van der Waals surface area (Å²) in [4.78, 5) is 37.8. The molecule has 3 N–H and O–H groups in total. The van der Waals surface area contributed by atoms with Crippen LogP contribution in [0.15, 0.2) is 24.4 Å². The second-order valence-corrected chi connectivity index (χ2v) is 12.7. The van der Waals surface area contributed by atoms with Crippen molar-refractivity contribution in [3.63, 3.8) is 0 Å². The topological polar surface area (TPSA) is 135 Å². The fraction of sp³-hybridized carbons (Fsp3) is 0.516. The number of nitrogens with zero attached hydrogens (tertiary/aromatic N) is 7. The number of nitrogens with one attached hydrogen (secondary N) is 1. The standard InChI is InChI=1S/C31H42FN9O3/c1-17(2)44-29(42)21-13-34-30(38-26(21)41-16-31(4,5)25-24(41)10-9-18(3)35-25)36-23-12-22(33)27(37-28(23)43-8)40-14-19(32)11-20(40)15-39(6)7/h9-10,12-13,17,19-20H,11,14-16,33H2,1-8H3,(H,34,36,38)/t19-,20+/m0/s1. The summed E-state index contributed by atoms with van der Waals surface area (Å²) in [5, 5.41) is 3.17. The smallest absolute Gasteiger partial charge is 0.343 e. The van der Waals surface area contributed by atoms with Crippen molar-refractivity contribution >= 4 is 40.6 Å². The Morgan fingerprint density at radius 3 is 2.66 bits per heavy atom. The van der Waals surface area contributed by atoms with Crippen molar-refractivity contribution in [2.24, 2.45) is 0 Å². The number of carbonyl (C=O) groups is 1. The van der Waals surface area contributed by atoms with Crippen LogP contribution in [0.2, 0.25) is 0 Å². The molecule has 3 aromatic heterocycles. The summed E-state index contributed by atoms with van der Waals surface area (Å²) < 4.78 is 25.7. The second kappa shape index (κ2) is 12.0. The first-order valence-corrected chi connectivity index (χ1v) is 14.8. The number of aromatic nitrogens is 4. The van der Waals surface area contributed by atoms with Crippen molar-refractivity contribution in [3.05, 3.63) is 41.3 Å². The van der Waals surface area contributed by atoms with Crippen molar-refractivity contribution in [3.8, 4) is 5.88 Å². The molecule has 0 radical (unpaired) electrons. The van der Waals surface area contributed by atoms with Gasteiger partial charge in [0.05, 0.1) is 36.8 Å². The van der Waals surface area contributed by atoms with Gasteiger partial charge in [-0.05, 0) is 53.1 Å². The zero-order chi connectivity index (χ0) is 31.9. The van der Waals surface area contributed by atoms with Gasteiger partial charge in [0.15, 0.2) is 11.6 Å². The number of nitrogens with two attached hydrogens (primary N) is 1. The number of pyridine rings is 2. The lowest BCUT2D eigenvalue weighted by Crippen LogP contribution is -2.38. The molecule has 0 aromatic carbocycles. The van der Waals surface area contributed by atoms with Gasteiger partial charge >= 0.3 is 5.97 Å². The number of fused-ring (bicyclic) bond motifs is 1. The van der Waals surface area contributed by atoms with Crippen LogP contribution >= 0.6 is 0 Å². The maximum Gasteiger partial charge on any atom is 0.343 e. The van der Waals surface area contributed by atoms with Crippen LogP contribution < -0.4 is 25.6 Å². The predicted molar refractivity (Wildman–Crippen MR) is 169 cm³/mol. The lowest BCUT2D eigenvalue weighted by Gasteiger charge is -2.29. The summed E-state index contributed by atoms with van der Waals surface area (Å²) in [6.07, 6.45) is 0.557. The van der Waals surface area contributed by atoms with E-state index in [4.69, 9.17) is 25.2 Å². The highest BCUT2D eigenvalue weighted by Gasteiger charge is 2.40. The molecule has 236 valence electrons. The van der Waals surface area contributed by atoms with Gasteiger partial charge < -0.3 is 35.2 Å². The number of carbonyl (C=O) groups excluding carboxylic acids is 1. The highest BCUT2D eigenvalue weighted by Crippen LogP contribution is 2.44. The summed E-state index contributed by atoms with van der Waals surface area (Å²) >= 11 is 0. The van der Waals surface area contributed by atoms with Gasteiger partial charge in [0.2, 0.25) is 11.8 Å². The molecule has 13 heteroatoms. The van der Waals surface area contributed by atoms with E-state index in [0.717, 1.165) is 17.1 Å². The van der Waals surface area contributed by atoms with E-state index in [9.17, 15) is 9.18 Å². The number of hydrogen-bond donors (Lipinski definition) is 2. The third kappa shape index (κ3) is 6.19. The number of aryl methyl sites for hydroxylation is 1. The minimum absolute atomic E-state index is 0.0757. The van der Waals surface area contributed by atoms with Crippen molar-refractivity contribution in [2.45, 2.75) is 64.8 Å². The summed E-state index contributed by atoms with van der Waals surface area (Å²) in [5.74, 6) is 0.784. The summed E-state index contributed by atoms with van der Waals surface area (Å²) in [5.41, 5.74) is 9.92. The SMILES string of the molecule is COc1nc(N2C[C@@H](F)C[C@@H]2CN(C)C)c(N)cc1Nc1ncc(C(=O)OC(C)C)c(N2CC(C)(C)c3nc(C)ccc32)n1. The van der Waals surface area contributed by atoms with Crippen LogP contribution in [-0.2, 0) is 10.2 Å². The molecule has 0 bridgehead atoms. The summed E-state index contributed by atoms with van der Waals surface area (Å²) in [6.45, 7) is 11.2. The van der Waals surface area contributed by atoms with Crippen LogP contribution in [0.25, 0.3) is 0 Å². The van der Waals surface area contributed by atoms with Gasteiger partial charge in [-0.3, -0.25) is 4.98 Å². The molecular formula is C31H42FN9O3. The van der Waals surface area contributed by atoms with Gasteiger partial charge in [0.25, 0.3) is 0 Å². The first kappa shape index (κ1) is 31.2. The first-order chi connectivity index (χ1) is 20.8. The normalized spacial score (nSPS) is 19.1. The van der Waals surface area contributed by atoms with Gasteiger partial charge in [-0.2, -0.15) is 9.97 Å². The quantitative estimate of drug-likeness (QED) is 0.334. The summed E-state index contributed by atoms with van der Waals surface area (Å²) in [7, 11) is 5.41. The zero-order valence-corrected chi connectivity index (χ0v) is 26.7. The van der Waals surface area contributed by atoms with Crippen molar-refractivity contribution < 1.29 is 18.7 Å². The van der Waals surface area contributed by atoms with Crippen molar-refractivity contribution in [2.75, 3.05) is 61.7 Å². The molecule has 0 spiro atoms. The number of likely N-dealkylation sites (N-methyl/N-ethyl adjacent to an activating group) is 1. The number of alkyl halides is 1. The lowest BCUT2D eigenvalue weighted by atomic mass is 9.91. The molecule has 0 amide bonds. The number of rotatable bonds is 9.